The van der Waals surface area contributed by atoms with E-state index in [9.17, 15) is 9.18 Å². The Balaban J connectivity index is 1.41. The summed E-state index contributed by atoms with van der Waals surface area (Å²) < 4.78 is 21.6. The lowest BCUT2D eigenvalue weighted by atomic mass is 9.96. The van der Waals surface area contributed by atoms with Gasteiger partial charge >= 0.3 is 6.03 Å². The van der Waals surface area contributed by atoms with Crippen LogP contribution in [0.5, 0.6) is 0 Å². The van der Waals surface area contributed by atoms with Crippen LogP contribution in [0.15, 0.2) is 83.6 Å². The largest absolute Gasteiger partial charge is 0.383 e. The molecule has 0 aliphatic carbocycles. The number of pyridine rings is 1. The van der Waals surface area contributed by atoms with Crippen molar-refractivity contribution in [2.75, 3.05) is 38.7 Å². The molecule has 1 aliphatic heterocycles. The van der Waals surface area contributed by atoms with Crippen LogP contribution < -0.4 is 10.6 Å². The Morgan fingerprint density at radius 3 is 2.55 bits per heavy atom. The summed E-state index contributed by atoms with van der Waals surface area (Å²) in [6, 6.07) is 20.2. The van der Waals surface area contributed by atoms with E-state index in [-0.39, 0.29) is 18.0 Å². The average Bonchev–Trinajstić information content (AvgIpc) is 3.49. The Morgan fingerprint density at radius 1 is 1.11 bits per heavy atom. The Kier molecular flexibility index (Phi) is 8.11. The summed E-state index contributed by atoms with van der Waals surface area (Å²) in [5, 5.41) is 10.9. The maximum absolute atomic E-state index is 14.0. The minimum absolute atomic E-state index is 0.122. The number of nitrogens with zero attached hydrogens (tertiary/aromatic N) is 4. The molecule has 0 bridgehead atoms. The molecule has 0 spiro atoms. The van der Waals surface area contributed by atoms with E-state index in [4.69, 9.17) is 9.84 Å². The first-order valence-electron chi connectivity index (χ1n) is 12.3. The zero-order valence-corrected chi connectivity index (χ0v) is 22.4. The van der Waals surface area contributed by atoms with Gasteiger partial charge in [0.25, 0.3) is 0 Å². The van der Waals surface area contributed by atoms with Gasteiger partial charge in [-0.05, 0) is 39.7 Å². The molecule has 0 saturated carbocycles. The zero-order chi connectivity index (χ0) is 26.5. The summed E-state index contributed by atoms with van der Waals surface area (Å²) in [6.45, 7) is 2.54. The molecular weight excluding hydrogens is 551 g/mol. The molecule has 0 radical (unpaired) electrons. The zero-order valence-electron chi connectivity index (χ0n) is 20.8. The first-order valence-corrected chi connectivity index (χ1v) is 13.1. The van der Waals surface area contributed by atoms with Crippen LogP contribution in [-0.4, -0.2) is 65.1 Å². The second-order valence-corrected chi connectivity index (χ2v) is 9.92. The minimum atomic E-state index is -0.398. The number of amides is 2. The Bertz CT molecular complexity index is 1380. The molecule has 1 saturated heterocycles. The fourth-order valence-electron chi connectivity index (χ4n) is 4.76. The maximum atomic E-state index is 14.0. The predicted octanol–water partition coefficient (Wildman–Crippen LogP) is 5.07. The van der Waals surface area contributed by atoms with Crippen molar-refractivity contribution in [3.05, 3.63) is 95.0 Å². The second-order valence-electron chi connectivity index (χ2n) is 9.12. The number of anilines is 1. The monoisotopic (exact) mass is 578 g/mol. The first-order chi connectivity index (χ1) is 18.5. The second kappa shape index (κ2) is 11.8. The van der Waals surface area contributed by atoms with Gasteiger partial charge < -0.3 is 10.1 Å². The van der Waals surface area contributed by atoms with E-state index in [0.29, 0.717) is 42.2 Å². The molecule has 2 amide bonds. The molecule has 2 aromatic carbocycles. The summed E-state index contributed by atoms with van der Waals surface area (Å²) >= 11 is 3.67. The number of carbonyl (C=O) groups is 1. The van der Waals surface area contributed by atoms with Gasteiger partial charge in [-0.15, -0.1) is 0 Å². The van der Waals surface area contributed by atoms with Crippen molar-refractivity contribution < 1.29 is 13.9 Å². The van der Waals surface area contributed by atoms with Crippen LogP contribution in [0.2, 0.25) is 0 Å². The molecule has 8 nitrogen and oxygen atoms in total. The van der Waals surface area contributed by atoms with Gasteiger partial charge in [-0.25, -0.2) is 13.9 Å². The van der Waals surface area contributed by atoms with Crippen LogP contribution >= 0.6 is 15.9 Å². The molecule has 4 aromatic rings. The first kappa shape index (κ1) is 26.0. The van der Waals surface area contributed by atoms with Crippen molar-refractivity contribution in [1.82, 2.24) is 25.0 Å². The molecule has 1 unspecified atom stereocenters. The number of aromatic nitrogens is 3. The molecular formula is C28H28BrFN6O2. The number of ether oxygens (including phenoxy) is 1. The molecule has 38 heavy (non-hydrogen) atoms. The van der Waals surface area contributed by atoms with Gasteiger partial charge in [0.1, 0.15) is 11.5 Å². The summed E-state index contributed by atoms with van der Waals surface area (Å²) in [5.41, 5.74) is 3.18. The quantitative estimate of drug-likeness (QED) is 0.305. The number of methoxy groups -OCH3 is 1. The van der Waals surface area contributed by atoms with Gasteiger partial charge in [0.15, 0.2) is 5.82 Å². The van der Waals surface area contributed by atoms with Crippen molar-refractivity contribution in [1.29, 1.82) is 0 Å². The van der Waals surface area contributed by atoms with E-state index in [2.05, 4.69) is 36.4 Å². The van der Waals surface area contributed by atoms with E-state index in [1.807, 2.05) is 60.7 Å². The topological polar surface area (TPSA) is 84.3 Å². The molecule has 1 aliphatic rings. The van der Waals surface area contributed by atoms with Gasteiger partial charge in [-0.2, -0.15) is 5.10 Å². The Morgan fingerprint density at radius 2 is 1.84 bits per heavy atom. The Hall–Kier alpha value is -3.60. The number of likely N-dealkylation sites (tertiary alicyclic amines) is 1. The van der Waals surface area contributed by atoms with Crippen LogP contribution in [0.1, 0.15) is 11.5 Å². The standard InChI is InChI=1S/C28H28BrFN6O2/c1-38-13-12-35-17-23(20-14-21(30)16-31-15-20)24(18-35)32-28(37)33-27-25(29)26(19-8-4-2-5-9-19)34-36(27)22-10-6-3-7-11-22/h2-11,14-16,23-24H,12-13,17-18H2,1H3,(H2,32,33,37)/t23?,24-/m1/s1. The molecule has 196 valence electrons. The smallest absolute Gasteiger partial charge is 0.320 e. The lowest BCUT2D eigenvalue weighted by Crippen LogP contribution is -2.42. The number of benzene rings is 2. The highest BCUT2D eigenvalue weighted by molar-refractivity contribution is 9.10. The average molecular weight is 579 g/mol. The predicted molar refractivity (Wildman–Crippen MR) is 148 cm³/mol. The number of urea groups is 1. The summed E-state index contributed by atoms with van der Waals surface area (Å²) in [4.78, 5) is 19.6. The summed E-state index contributed by atoms with van der Waals surface area (Å²) in [5.74, 6) is -0.0147. The number of hydrogen-bond donors (Lipinski definition) is 2. The third-order valence-electron chi connectivity index (χ3n) is 6.59. The lowest BCUT2D eigenvalue weighted by molar-refractivity contribution is 0.159. The van der Waals surface area contributed by atoms with Crippen LogP contribution in [0.25, 0.3) is 16.9 Å². The van der Waals surface area contributed by atoms with Gasteiger partial charge in [0, 0.05) is 44.4 Å². The van der Waals surface area contributed by atoms with Gasteiger partial charge in [0.2, 0.25) is 0 Å². The number of halogens is 2. The minimum Gasteiger partial charge on any atom is -0.383 e. The van der Waals surface area contributed by atoms with E-state index >= 15 is 0 Å². The maximum Gasteiger partial charge on any atom is 0.320 e. The lowest BCUT2D eigenvalue weighted by Gasteiger charge is -2.20. The van der Waals surface area contributed by atoms with Crippen molar-refractivity contribution in [3.8, 4) is 16.9 Å². The van der Waals surface area contributed by atoms with E-state index in [1.54, 1.807) is 18.0 Å². The summed E-state index contributed by atoms with van der Waals surface area (Å²) in [6.07, 6.45) is 2.84. The molecule has 2 atom stereocenters. The van der Waals surface area contributed by atoms with Crippen LogP contribution in [0.3, 0.4) is 0 Å². The highest BCUT2D eigenvalue weighted by Crippen LogP contribution is 2.36. The van der Waals surface area contributed by atoms with Crippen molar-refractivity contribution in [2.24, 2.45) is 0 Å². The number of nitrogens with one attached hydrogen (secondary N) is 2. The van der Waals surface area contributed by atoms with Gasteiger partial charge in [-0.1, -0.05) is 48.5 Å². The van der Waals surface area contributed by atoms with E-state index < -0.39 is 5.82 Å². The molecule has 5 rings (SSSR count). The SMILES string of the molecule is COCCN1CC(c2cncc(F)c2)[C@H](NC(=O)Nc2c(Br)c(-c3ccccc3)nn2-c2ccccc2)C1. The van der Waals surface area contributed by atoms with Gasteiger partial charge in [0.05, 0.1) is 29.0 Å². The van der Waals surface area contributed by atoms with E-state index in [0.717, 1.165) is 16.8 Å². The van der Waals surface area contributed by atoms with Crippen LogP contribution in [0.4, 0.5) is 15.0 Å². The number of hydrogen-bond acceptors (Lipinski definition) is 5. The third kappa shape index (κ3) is 5.77. The summed E-state index contributed by atoms with van der Waals surface area (Å²) in [7, 11) is 1.66. The fraction of sp³-hybridized carbons (Fsp3) is 0.250. The molecule has 10 heteroatoms. The van der Waals surface area contributed by atoms with Gasteiger partial charge in [-0.3, -0.25) is 15.2 Å². The number of carbonyl (C=O) groups excluding carboxylic acids is 1. The van der Waals surface area contributed by atoms with E-state index in [1.165, 1.54) is 12.3 Å². The number of rotatable bonds is 8. The molecule has 3 heterocycles. The highest BCUT2D eigenvalue weighted by atomic mass is 79.9. The Labute approximate surface area is 229 Å². The fourth-order valence-corrected chi connectivity index (χ4v) is 5.33. The van der Waals surface area contributed by atoms with Crippen LogP contribution in [-0.2, 0) is 4.74 Å². The highest BCUT2D eigenvalue weighted by Gasteiger charge is 2.35. The molecule has 2 N–H and O–H groups in total. The van der Waals surface area contributed by atoms with Crippen molar-refractivity contribution >= 4 is 27.8 Å². The molecule has 1 fully saturated rings. The normalized spacial score (nSPS) is 17.4. The molecule has 2 aromatic heterocycles. The van der Waals surface area contributed by atoms with Crippen molar-refractivity contribution in [3.63, 3.8) is 0 Å². The third-order valence-corrected chi connectivity index (χ3v) is 7.34. The number of para-hydroxylation sites is 1. The van der Waals surface area contributed by atoms with Crippen molar-refractivity contribution in [2.45, 2.75) is 12.0 Å². The van der Waals surface area contributed by atoms with Crippen LogP contribution in [0, 0.1) is 5.82 Å².